The van der Waals surface area contributed by atoms with Crippen LogP contribution in [-0.4, -0.2) is 30.9 Å². The average molecular weight is 394 g/mol. The summed E-state index contributed by atoms with van der Waals surface area (Å²) in [5, 5.41) is 2.93. The van der Waals surface area contributed by atoms with Crippen LogP contribution in [0.4, 0.5) is 5.69 Å². The molecule has 1 N–H and O–H groups in total. The van der Waals surface area contributed by atoms with E-state index in [-0.39, 0.29) is 24.5 Å². The normalized spacial score (nSPS) is 14.5. The molecule has 1 saturated heterocycles. The highest BCUT2D eigenvalue weighted by atomic mass is 16.5. The van der Waals surface area contributed by atoms with Crippen molar-refractivity contribution < 1.29 is 19.1 Å². The number of benzene rings is 2. The minimum Gasteiger partial charge on any atom is -0.452 e. The lowest BCUT2D eigenvalue weighted by Crippen LogP contribution is -2.32. The van der Waals surface area contributed by atoms with Crippen molar-refractivity contribution in [1.29, 1.82) is 0 Å². The number of nitrogens with one attached hydrogen (secondary N) is 1. The highest BCUT2D eigenvalue weighted by molar-refractivity contribution is 5.97. The van der Waals surface area contributed by atoms with Crippen molar-refractivity contribution in [2.45, 2.75) is 38.6 Å². The van der Waals surface area contributed by atoms with E-state index in [4.69, 9.17) is 4.74 Å². The zero-order chi connectivity index (χ0) is 20.6. The van der Waals surface area contributed by atoms with Crippen molar-refractivity contribution in [1.82, 2.24) is 5.32 Å². The summed E-state index contributed by atoms with van der Waals surface area (Å²) in [6.45, 7) is 2.36. The van der Waals surface area contributed by atoms with Crippen molar-refractivity contribution in [3.8, 4) is 0 Å². The molecule has 0 saturated carbocycles. The molecule has 0 aliphatic carbocycles. The molecule has 3 rings (SSSR count). The van der Waals surface area contributed by atoms with Crippen LogP contribution in [0.2, 0.25) is 0 Å². The molecule has 1 fully saturated rings. The quantitative estimate of drug-likeness (QED) is 0.694. The van der Waals surface area contributed by atoms with E-state index in [1.807, 2.05) is 30.3 Å². The number of anilines is 1. The number of rotatable bonds is 8. The Hall–Kier alpha value is -3.15. The van der Waals surface area contributed by atoms with Gasteiger partial charge in [0.05, 0.1) is 11.6 Å². The molecule has 1 heterocycles. The van der Waals surface area contributed by atoms with Crippen LogP contribution >= 0.6 is 0 Å². The van der Waals surface area contributed by atoms with Gasteiger partial charge < -0.3 is 15.0 Å². The lowest BCUT2D eigenvalue weighted by atomic mass is 10.0. The summed E-state index contributed by atoms with van der Waals surface area (Å²) in [6, 6.07) is 16.4. The molecule has 1 aliphatic rings. The molecule has 0 spiro atoms. The second-order valence-corrected chi connectivity index (χ2v) is 7.09. The smallest absolute Gasteiger partial charge is 0.338 e. The van der Waals surface area contributed by atoms with Gasteiger partial charge in [-0.15, -0.1) is 0 Å². The summed E-state index contributed by atoms with van der Waals surface area (Å²) in [7, 11) is 0. The van der Waals surface area contributed by atoms with Crippen LogP contribution in [0.3, 0.4) is 0 Å². The fourth-order valence-corrected chi connectivity index (χ4v) is 3.47. The zero-order valence-electron chi connectivity index (χ0n) is 16.6. The zero-order valence-corrected chi connectivity index (χ0v) is 16.6. The highest BCUT2D eigenvalue weighted by Gasteiger charge is 2.22. The predicted octanol–water partition coefficient (Wildman–Crippen LogP) is 3.63. The predicted molar refractivity (Wildman–Crippen MR) is 111 cm³/mol. The van der Waals surface area contributed by atoms with Gasteiger partial charge in [0.1, 0.15) is 0 Å². The second-order valence-electron chi connectivity index (χ2n) is 7.09. The SMILES string of the molecule is CCC[C@H](NC(=O)COC(=O)c1cccc(N2CCCC2=O)c1)c1ccccc1. The van der Waals surface area contributed by atoms with Crippen LogP contribution in [-0.2, 0) is 14.3 Å². The Balaban J connectivity index is 1.57. The standard InChI is InChI=1S/C23H26N2O4/c1-2-8-20(17-9-4-3-5-10-17)24-21(26)16-29-23(28)18-11-6-12-19(15-18)25-14-7-13-22(25)27/h3-6,9-12,15,20H,2,7-8,13-14,16H2,1H3,(H,24,26)/t20-/m0/s1. The van der Waals surface area contributed by atoms with Gasteiger partial charge in [-0.1, -0.05) is 49.7 Å². The van der Waals surface area contributed by atoms with E-state index < -0.39 is 5.97 Å². The third-order valence-corrected chi connectivity index (χ3v) is 4.92. The summed E-state index contributed by atoms with van der Waals surface area (Å²) in [5.41, 5.74) is 2.03. The number of amides is 2. The van der Waals surface area contributed by atoms with E-state index in [1.165, 1.54) is 0 Å². The van der Waals surface area contributed by atoms with Crippen LogP contribution in [0.1, 0.15) is 54.6 Å². The van der Waals surface area contributed by atoms with Crippen molar-refractivity contribution in [3.05, 3.63) is 65.7 Å². The number of hydrogen-bond donors (Lipinski definition) is 1. The minimum absolute atomic E-state index is 0.0535. The number of carbonyl (C=O) groups is 3. The van der Waals surface area contributed by atoms with Gasteiger partial charge in [-0.05, 0) is 36.6 Å². The fourth-order valence-electron chi connectivity index (χ4n) is 3.47. The first-order valence-electron chi connectivity index (χ1n) is 10.0. The Morgan fingerprint density at radius 3 is 2.62 bits per heavy atom. The molecule has 0 radical (unpaired) electrons. The molecule has 152 valence electrons. The minimum atomic E-state index is -0.583. The number of carbonyl (C=O) groups excluding carboxylic acids is 3. The summed E-state index contributed by atoms with van der Waals surface area (Å²) < 4.78 is 5.19. The van der Waals surface area contributed by atoms with Gasteiger partial charge in [-0.2, -0.15) is 0 Å². The van der Waals surface area contributed by atoms with Gasteiger partial charge in [0.15, 0.2) is 6.61 Å². The van der Waals surface area contributed by atoms with E-state index in [2.05, 4.69) is 12.2 Å². The first-order chi connectivity index (χ1) is 14.1. The molecule has 2 amide bonds. The molecule has 29 heavy (non-hydrogen) atoms. The molecule has 6 heteroatoms. The summed E-state index contributed by atoms with van der Waals surface area (Å²) in [5.74, 6) is -0.871. The third-order valence-electron chi connectivity index (χ3n) is 4.92. The van der Waals surface area contributed by atoms with Crippen LogP contribution in [0.25, 0.3) is 0 Å². The average Bonchev–Trinajstić information content (AvgIpc) is 3.18. The molecular weight excluding hydrogens is 368 g/mol. The Labute approximate surface area is 170 Å². The number of nitrogens with zero attached hydrogens (tertiary/aromatic N) is 1. The molecule has 0 bridgehead atoms. The van der Waals surface area contributed by atoms with Crippen molar-refractivity contribution in [2.24, 2.45) is 0 Å². The molecule has 1 aliphatic heterocycles. The van der Waals surface area contributed by atoms with Gasteiger partial charge in [0, 0.05) is 18.7 Å². The maximum Gasteiger partial charge on any atom is 0.338 e. The number of hydrogen-bond acceptors (Lipinski definition) is 4. The van der Waals surface area contributed by atoms with E-state index >= 15 is 0 Å². The Morgan fingerprint density at radius 1 is 1.14 bits per heavy atom. The van der Waals surface area contributed by atoms with Gasteiger partial charge in [-0.3, -0.25) is 9.59 Å². The Kier molecular flexibility index (Phi) is 7.00. The largest absolute Gasteiger partial charge is 0.452 e. The third kappa shape index (κ3) is 5.44. The summed E-state index contributed by atoms with van der Waals surface area (Å²) >= 11 is 0. The molecule has 1 atom stereocenters. The number of ether oxygens (including phenoxy) is 1. The lowest BCUT2D eigenvalue weighted by molar-refractivity contribution is -0.125. The second kappa shape index (κ2) is 9.87. The van der Waals surface area contributed by atoms with E-state index in [9.17, 15) is 14.4 Å². The molecular formula is C23H26N2O4. The topological polar surface area (TPSA) is 75.7 Å². The Bertz CT molecular complexity index is 866. The molecule has 0 aromatic heterocycles. The van der Waals surface area contributed by atoms with E-state index in [0.717, 1.165) is 24.8 Å². The maximum atomic E-state index is 12.4. The van der Waals surface area contributed by atoms with E-state index in [1.54, 1.807) is 29.2 Å². The van der Waals surface area contributed by atoms with Crippen LogP contribution in [0.5, 0.6) is 0 Å². The van der Waals surface area contributed by atoms with Gasteiger partial charge in [0.2, 0.25) is 5.91 Å². The molecule has 0 unspecified atom stereocenters. The van der Waals surface area contributed by atoms with Crippen LogP contribution in [0.15, 0.2) is 54.6 Å². The van der Waals surface area contributed by atoms with E-state index in [0.29, 0.717) is 24.2 Å². The number of esters is 1. The highest BCUT2D eigenvalue weighted by Crippen LogP contribution is 2.22. The maximum absolute atomic E-state index is 12.4. The van der Waals surface area contributed by atoms with Gasteiger partial charge in [0.25, 0.3) is 5.91 Å². The van der Waals surface area contributed by atoms with Crippen molar-refractivity contribution >= 4 is 23.5 Å². The molecule has 6 nitrogen and oxygen atoms in total. The fraction of sp³-hybridized carbons (Fsp3) is 0.348. The summed E-state index contributed by atoms with van der Waals surface area (Å²) in [6.07, 6.45) is 3.06. The van der Waals surface area contributed by atoms with Crippen LogP contribution < -0.4 is 10.2 Å². The first-order valence-corrected chi connectivity index (χ1v) is 10.0. The van der Waals surface area contributed by atoms with Gasteiger partial charge >= 0.3 is 5.97 Å². The van der Waals surface area contributed by atoms with Crippen LogP contribution in [0, 0.1) is 0 Å². The van der Waals surface area contributed by atoms with Crippen molar-refractivity contribution in [2.75, 3.05) is 18.1 Å². The first kappa shape index (κ1) is 20.6. The Morgan fingerprint density at radius 2 is 1.93 bits per heavy atom. The summed E-state index contributed by atoms with van der Waals surface area (Å²) in [4.78, 5) is 38.3. The molecule has 2 aromatic rings. The monoisotopic (exact) mass is 394 g/mol. The van der Waals surface area contributed by atoms with Crippen molar-refractivity contribution in [3.63, 3.8) is 0 Å². The molecule has 2 aromatic carbocycles. The van der Waals surface area contributed by atoms with Gasteiger partial charge in [-0.25, -0.2) is 4.79 Å². The lowest BCUT2D eigenvalue weighted by Gasteiger charge is -2.19.